The van der Waals surface area contributed by atoms with Crippen molar-refractivity contribution < 1.29 is 29.2 Å². The molecule has 3 N–H and O–H groups in total. The number of carbonyl (C=O) groups is 1. The Morgan fingerprint density at radius 2 is 1.68 bits per heavy atom. The highest BCUT2D eigenvalue weighted by atomic mass is 16.7. The SMILES string of the molecule is CCCCCOC1O[C@H](CO)[C@@H](O)[C@H](OCCCCC)[C@@H]1NC(C)=O. The predicted molar refractivity (Wildman–Crippen MR) is 94.1 cm³/mol. The number of ether oxygens (including phenoxy) is 3. The lowest BCUT2D eigenvalue weighted by molar-refractivity contribution is -0.277. The van der Waals surface area contributed by atoms with Crippen molar-refractivity contribution in [2.24, 2.45) is 0 Å². The summed E-state index contributed by atoms with van der Waals surface area (Å²) in [7, 11) is 0. The van der Waals surface area contributed by atoms with Crippen LogP contribution in [0.2, 0.25) is 0 Å². The van der Waals surface area contributed by atoms with Crippen molar-refractivity contribution in [1.29, 1.82) is 0 Å². The molecule has 0 spiro atoms. The standard InChI is InChI=1S/C18H35NO6/c1-4-6-8-10-23-17-15(19-13(3)21)18(24-11-9-7-5-2)25-14(12-20)16(17)22/h14-18,20,22H,4-12H2,1-3H3,(H,19,21)/t14-,15+,16-,17-,18?/m1/s1. The van der Waals surface area contributed by atoms with Gasteiger partial charge in [-0.15, -0.1) is 0 Å². The number of carbonyl (C=O) groups excluding carboxylic acids is 1. The summed E-state index contributed by atoms with van der Waals surface area (Å²) < 4.78 is 17.3. The summed E-state index contributed by atoms with van der Waals surface area (Å²) >= 11 is 0. The Balaban J connectivity index is 2.78. The van der Waals surface area contributed by atoms with Gasteiger partial charge in [0.25, 0.3) is 0 Å². The van der Waals surface area contributed by atoms with E-state index in [0.29, 0.717) is 13.2 Å². The Morgan fingerprint density at radius 3 is 2.20 bits per heavy atom. The largest absolute Gasteiger partial charge is 0.394 e. The Bertz CT molecular complexity index is 367. The van der Waals surface area contributed by atoms with Crippen molar-refractivity contribution in [3.05, 3.63) is 0 Å². The van der Waals surface area contributed by atoms with E-state index in [1.807, 2.05) is 0 Å². The van der Waals surface area contributed by atoms with Crippen LogP contribution in [0.3, 0.4) is 0 Å². The summed E-state index contributed by atoms with van der Waals surface area (Å²) in [5.41, 5.74) is 0. The maximum Gasteiger partial charge on any atom is 0.217 e. The van der Waals surface area contributed by atoms with Crippen molar-refractivity contribution >= 4 is 5.91 Å². The average molecular weight is 361 g/mol. The van der Waals surface area contributed by atoms with Crippen LogP contribution in [-0.4, -0.2) is 66.6 Å². The van der Waals surface area contributed by atoms with Gasteiger partial charge in [-0.2, -0.15) is 0 Å². The van der Waals surface area contributed by atoms with Crippen LogP contribution in [0, 0.1) is 0 Å². The van der Waals surface area contributed by atoms with Gasteiger partial charge in [0.2, 0.25) is 5.91 Å². The van der Waals surface area contributed by atoms with Crippen LogP contribution >= 0.6 is 0 Å². The van der Waals surface area contributed by atoms with E-state index in [4.69, 9.17) is 14.2 Å². The molecule has 1 heterocycles. The third kappa shape index (κ3) is 7.58. The molecule has 5 atom stereocenters. The van der Waals surface area contributed by atoms with Crippen LogP contribution in [-0.2, 0) is 19.0 Å². The van der Waals surface area contributed by atoms with Crippen molar-refractivity contribution in [2.75, 3.05) is 19.8 Å². The molecule has 0 saturated carbocycles. The summed E-state index contributed by atoms with van der Waals surface area (Å²) in [5.74, 6) is -0.243. The molecule has 7 nitrogen and oxygen atoms in total. The first-order valence-electron chi connectivity index (χ1n) is 9.49. The molecule has 0 aromatic rings. The molecule has 1 aliphatic heterocycles. The van der Waals surface area contributed by atoms with Gasteiger partial charge in [0.1, 0.15) is 24.4 Å². The fourth-order valence-corrected chi connectivity index (χ4v) is 2.92. The highest BCUT2D eigenvalue weighted by Gasteiger charge is 2.46. The molecular weight excluding hydrogens is 326 g/mol. The molecule has 7 heteroatoms. The third-order valence-corrected chi connectivity index (χ3v) is 4.31. The number of hydrogen-bond acceptors (Lipinski definition) is 6. The lowest BCUT2D eigenvalue weighted by Crippen LogP contribution is -2.65. The fourth-order valence-electron chi connectivity index (χ4n) is 2.92. The maximum atomic E-state index is 11.6. The Labute approximate surface area is 151 Å². The van der Waals surface area contributed by atoms with Gasteiger partial charge in [-0.1, -0.05) is 39.5 Å². The predicted octanol–water partition coefficient (Wildman–Crippen LogP) is 1.35. The second-order valence-electron chi connectivity index (χ2n) is 6.56. The van der Waals surface area contributed by atoms with Crippen molar-refractivity contribution in [3.8, 4) is 0 Å². The monoisotopic (exact) mass is 361 g/mol. The molecule has 0 radical (unpaired) electrons. The molecule has 0 aliphatic carbocycles. The molecule has 0 bridgehead atoms. The Morgan fingerprint density at radius 1 is 1.08 bits per heavy atom. The molecule has 1 rings (SSSR count). The minimum Gasteiger partial charge on any atom is -0.394 e. The lowest BCUT2D eigenvalue weighted by atomic mass is 9.96. The summed E-state index contributed by atoms with van der Waals surface area (Å²) in [6.45, 7) is 6.25. The summed E-state index contributed by atoms with van der Waals surface area (Å²) in [6, 6.07) is -0.612. The van der Waals surface area contributed by atoms with E-state index in [9.17, 15) is 15.0 Å². The number of hydrogen-bond donors (Lipinski definition) is 3. The number of amides is 1. The van der Waals surface area contributed by atoms with Gasteiger partial charge in [0, 0.05) is 20.1 Å². The number of aliphatic hydroxyl groups excluding tert-OH is 2. The molecule has 1 saturated heterocycles. The molecule has 25 heavy (non-hydrogen) atoms. The normalized spacial score (nSPS) is 29.6. The molecule has 1 fully saturated rings. The number of rotatable bonds is 12. The minimum absolute atomic E-state index is 0.243. The van der Waals surface area contributed by atoms with Gasteiger partial charge >= 0.3 is 0 Å². The van der Waals surface area contributed by atoms with Crippen molar-refractivity contribution in [3.63, 3.8) is 0 Å². The maximum absolute atomic E-state index is 11.6. The molecular formula is C18H35NO6. The van der Waals surface area contributed by atoms with Gasteiger partial charge in [-0.25, -0.2) is 0 Å². The smallest absolute Gasteiger partial charge is 0.217 e. The van der Waals surface area contributed by atoms with Crippen LogP contribution in [0.5, 0.6) is 0 Å². The van der Waals surface area contributed by atoms with Gasteiger partial charge in [0.15, 0.2) is 6.29 Å². The Hall–Kier alpha value is -0.730. The Kier molecular flexibility index (Phi) is 11.2. The van der Waals surface area contributed by atoms with Gasteiger partial charge in [0.05, 0.1) is 6.61 Å². The zero-order valence-electron chi connectivity index (χ0n) is 15.8. The highest BCUT2D eigenvalue weighted by Crippen LogP contribution is 2.25. The number of nitrogens with one attached hydrogen (secondary N) is 1. The van der Waals surface area contributed by atoms with Gasteiger partial charge < -0.3 is 29.7 Å². The van der Waals surface area contributed by atoms with E-state index in [2.05, 4.69) is 19.2 Å². The first kappa shape index (κ1) is 22.3. The quantitative estimate of drug-likeness (QED) is 0.454. The summed E-state index contributed by atoms with van der Waals surface area (Å²) in [4.78, 5) is 11.6. The van der Waals surface area contributed by atoms with E-state index < -0.39 is 30.6 Å². The average Bonchev–Trinajstić information content (AvgIpc) is 2.58. The molecule has 1 unspecified atom stereocenters. The van der Waals surface area contributed by atoms with Crippen LogP contribution < -0.4 is 5.32 Å². The van der Waals surface area contributed by atoms with E-state index >= 15 is 0 Å². The zero-order valence-corrected chi connectivity index (χ0v) is 15.8. The first-order chi connectivity index (χ1) is 12.0. The summed E-state index contributed by atoms with van der Waals surface area (Å²) in [5, 5.41) is 22.8. The second kappa shape index (κ2) is 12.6. The molecule has 1 aliphatic rings. The highest BCUT2D eigenvalue weighted by molar-refractivity contribution is 5.73. The van der Waals surface area contributed by atoms with Gasteiger partial charge in [-0.05, 0) is 12.8 Å². The third-order valence-electron chi connectivity index (χ3n) is 4.31. The minimum atomic E-state index is -1.03. The lowest BCUT2D eigenvalue weighted by Gasteiger charge is -2.44. The van der Waals surface area contributed by atoms with E-state index in [1.165, 1.54) is 6.92 Å². The molecule has 0 aromatic carbocycles. The van der Waals surface area contributed by atoms with Crippen molar-refractivity contribution in [2.45, 2.75) is 89.9 Å². The van der Waals surface area contributed by atoms with Crippen LogP contribution in [0.4, 0.5) is 0 Å². The van der Waals surface area contributed by atoms with Crippen molar-refractivity contribution in [1.82, 2.24) is 5.32 Å². The molecule has 0 aromatic heterocycles. The van der Waals surface area contributed by atoms with E-state index in [0.717, 1.165) is 38.5 Å². The zero-order chi connectivity index (χ0) is 18.7. The van der Waals surface area contributed by atoms with Crippen LogP contribution in [0.25, 0.3) is 0 Å². The number of unbranched alkanes of at least 4 members (excludes halogenated alkanes) is 4. The molecule has 148 valence electrons. The summed E-state index contributed by atoms with van der Waals surface area (Å²) in [6.07, 6.45) is 2.72. The fraction of sp³-hybridized carbons (Fsp3) is 0.944. The van der Waals surface area contributed by atoms with E-state index in [1.54, 1.807) is 0 Å². The van der Waals surface area contributed by atoms with Crippen LogP contribution in [0.15, 0.2) is 0 Å². The number of aliphatic hydroxyl groups is 2. The van der Waals surface area contributed by atoms with E-state index in [-0.39, 0.29) is 12.5 Å². The second-order valence-corrected chi connectivity index (χ2v) is 6.56. The first-order valence-corrected chi connectivity index (χ1v) is 9.49. The van der Waals surface area contributed by atoms with Gasteiger partial charge in [-0.3, -0.25) is 4.79 Å². The molecule has 1 amide bonds. The topological polar surface area (TPSA) is 97.2 Å². The van der Waals surface area contributed by atoms with Crippen LogP contribution in [0.1, 0.15) is 59.3 Å².